The summed E-state index contributed by atoms with van der Waals surface area (Å²) in [6.45, 7) is 3.34. The van der Waals surface area contributed by atoms with Gasteiger partial charge in [-0.15, -0.1) is 0 Å². The summed E-state index contributed by atoms with van der Waals surface area (Å²) in [5, 5.41) is 0. The highest BCUT2D eigenvalue weighted by atomic mass is 32.2. The summed E-state index contributed by atoms with van der Waals surface area (Å²) in [5.41, 5.74) is 1.71. The third-order valence-corrected chi connectivity index (χ3v) is 6.74. The first-order valence-corrected chi connectivity index (χ1v) is 10.8. The Hall–Kier alpha value is -2.16. The Morgan fingerprint density at radius 2 is 2.00 bits per heavy atom. The number of nitrogens with zero attached hydrogens (tertiary/aromatic N) is 3. The van der Waals surface area contributed by atoms with E-state index in [1.165, 1.54) is 11.2 Å². The fourth-order valence-corrected chi connectivity index (χ4v) is 4.83. The van der Waals surface area contributed by atoms with Crippen molar-refractivity contribution in [1.82, 2.24) is 9.21 Å². The summed E-state index contributed by atoms with van der Waals surface area (Å²) < 4.78 is 33.5. The molecular formula is C20H27N3O4S. The number of furan rings is 1. The molecule has 0 spiro atoms. The van der Waals surface area contributed by atoms with Crippen LogP contribution in [0.4, 0.5) is 5.69 Å². The van der Waals surface area contributed by atoms with Crippen LogP contribution in [0.25, 0.3) is 0 Å². The minimum absolute atomic E-state index is 0.0259. The molecule has 0 radical (unpaired) electrons. The number of sulfonamides is 1. The minimum Gasteiger partial charge on any atom is -0.468 e. The van der Waals surface area contributed by atoms with Gasteiger partial charge in [0.15, 0.2) is 0 Å². The molecular weight excluding hydrogens is 378 g/mol. The highest BCUT2D eigenvalue weighted by molar-refractivity contribution is 7.89. The number of hydrogen-bond acceptors (Lipinski definition) is 5. The van der Waals surface area contributed by atoms with Crippen LogP contribution in [0.5, 0.6) is 0 Å². The smallest absolute Gasteiger partial charge is 0.243 e. The van der Waals surface area contributed by atoms with Crippen LogP contribution >= 0.6 is 0 Å². The Morgan fingerprint density at radius 1 is 1.21 bits per heavy atom. The lowest BCUT2D eigenvalue weighted by atomic mass is 10.0. The second kappa shape index (κ2) is 8.46. The predicted molar refractivity (Wildman–Crippen MR) is 108 cm³/mol. The molecule has 0 unspecified atom stereocenters. The topological polar surface area (TPSA) is 74.1 Å². The first-order chi connectivity index (χ1) is 13.3. The van der Waals surface area contributed by atoms with Crippen molar-refractivity contribution in [3.05, 3.63) is 47.9 Å². The van der Waals surface area contributed by atoms with Crippen LogP contribution in [0.3, 0.4) is 0 Å². The van der Waals surface area contributed by atoms with Gasteiger partial charge in [0.05, 0.1) is 17.7 Å². The number of aryl methyl sites for hydroxylation is 1. The maximum Gasteiger partial charge on any atom is 0.243 e. The minimum atomic E-state index is -3.70. The summed E-state index contributed by atoms with van der Waals surface area (Å²) in [6.07, 6.45) is 3.13. The van der Waals surface area contributed by atoms with E-state index in [1.807, 2.05) is 19.0 Å². The molecule has 1 aromatic heterocycles. The molecule has 152 valence electrons. The normalized spacial score (nSPS) is 14.5. The van der Waals surface area contributed by atoms with Gasteiger partial charge in [-0.3, -0.25) is 4.79 Å². The monoisotopic (exact) mass is 405 g/mol. The third-order valence-electron chi connectivity index (χ3n) is 4.90. The molecule has 1 aromatic carbocycles. The summed E-state index contributed by atoms with van der Waals surface area (Å²) in [7, 11) is 0.119. The lowest BCUT2D eigenvalue weighted by Gasteiger charge is -2.29. The average Bonchev–Trinajstić information content (AvgIpc) is 3.16. The average molecular weight is 406 g/mol. The van der Waals surface area contributed by atoms with Crippen LogP contribution < -0.4 is 4.90 Å². The molecule has 3 rings (SSSR count). The molecule has 2 heterocycles. The zero-order chi connectivity index (χ0) is 20.3. The van der Waals surface area contributed by atoms with E-state index in [4.69, 9.17) is 4.42 Å². The van der Waals surface area contributed by atoms with Gasteiger partial charge in [0.25, 0.3) is 0 Å². The molecule has 8 heteroatoms. The Kier molecular flexibility index (Phi) is 6.22. The number of fused-ring (bicyclic) bond motifs is 1. The Balaban J connectivity index is 1.93. The van der Waals surface area contributed by atoms with Crippen molar-refractivity contribution in [2.24, 2.45) is 0 Å². The quantitative estimate of drug-likeness (QED) is 0.707. The number of rotatable bonds is 7. The maximum absolute atomic E-state index is 13.4. The molecule has 0 saturated heterocycles. The molecule has 1 aliphatic rings. The van der Waals surface area contributed by atoms with E-state index in [0.717, 1.165) is 24.1 Å². The van der Waals surface area contributed by atoms with Gasteiger partial charge in [0.1, 0.15) is 5.76 Å². The maximum atomic E-state index is 13.4. The van der Waals surface area contributed by atoms with E-state index in [2.05, 4.69) is 0 Å². The third kappa shape index (κ3) is 4.45. The van der Waals surface area contributed by atoms with Gasteiger partial charge in [0, 0.05) is 32.2 Å². The van der Waals surface area contributed by atoms with E-state index in [9.17, 15) is 13.2 Å². The van der Waals surface area contributed by atoms with E-state index < -0.39 is 10.0 Å². The van der Waals surface area contributed by atoms with Gasteiger partial charge in [0.2, 0.25) is 15.9 Å². The highest BCUT2D eigenvalue weighted by Crippen LogP contribution is 2.31. The standard InChI is InChI=1S/C20H27N3O4S/c1-16(24)23-10-4-6-17-14-19(8-9-20(17)23)28(25,26)22(12-11-21(2)3)15-18-7-5-13-27-18/h5,7-9,13-14H,4,6,10-12,15H2,1-3H3. The molecule has 0 fully saturated rings. The van der Waals surface area contributed by atoms with Gasteiger partial charge in [-0.05, 0) is 62.8 Å². The number of amides is 1. The van der Waals surface area contributed by atoms with Gasteiger partial charge >= 0.3 is 0 Å². The molecule has 0 bridgehead atoms. The molecule has 2 aromatic rings. The second-order valence-electron chi connectivity index (χ2n) is 7.29. The van der Waals surface area contributed by atoms with Gasteiger partial charge in [-0.2, -0.15) is 4.31 Å². The van der Waals surface area contributed by atoms with Crippen LogP contribution in [0, 0.1) is 0 Å². The molecule has 28 heavy (non-hydrogen) atoms. The van der Waals surface area contributed by atoms with Gasteiger partial charge in [-0.1, -0.05) is 0 Å². The lowest BCUT2D eigenvalue weighted by molar-refractivity contribution is -0.116. The van der Waals surface area contributed by atoms with Gasteiger partial charge < -0.3 is 14.2 Å². The van der Waals surface area contributed by atoms with E-state index in [-0.39, 0.29) is 17.3 Å². The van der Waals surface area contributed by atoms with E-state index >= 15 is 0 Å². The van der Waals surface area contributed by atoms with Crippen molar-refractivity contribution in [1.29, 1.82) is 0 Å². The zero-order valence-corrected chi connectivity index (χ0v) is 17.4. The van der Waals surface area contributed by atoms with Crippen LogP contribution in [-0.2, 0) is 27.8 Å². The summed E-state index contributed by atoms with van der Waals surface area (Å²) in [6, 6.07) is 8.58. The number of hydrogen-bond donors (Lipinski definition) is 0. The predicted octanol–water partition coefficient (Wildman–Crippen LogP) is 2.33. The zero-order valence-electron chi connectivity index (χ0n) is 16.6. The molecule has 7 nitrogen and oxygen atoms in total. The first kappa shape index (κ1) is 20.6. The fraction of sp³-hybridized carbons (Fsp3) is 0.450. The number of carbonyl (C=O) groups is 1. The fourth-order valence-electron chi connectivity index (χ4n) is 3.38. The Morgan fingerprint density at radius 3 is 2.64 bits per heavy atom. The van der Waals surface area contributed by atoms with Crippen molar-refractivity contribution >= 4 is 21.6 Å². The van der Waals surface area contributed by atoms with Crippen molar-refractivity contribution in [2.75, 3.05) is 38.6 Å². The van der Waals surface area contributed by atoms with Crippen LogP contribution in [0.15, 0.2) is 45.9 Å². The summed E-state index contributed by atoms with van der Waals surface area (Å²) in [5.74, 6) is 0.574. The van der Waals surface area contributed by atoms with Crippen molar-refractivity contribution in [2.45, 2.75) is 31.2 Å². The number of anilines is 1. The molecule has 1 amide bonds. The molecule has 0 atom stereocenters. The van der Waals surface area contributed by atoms with E-state index in [1.54, 1.807) is 41.5 Å². The molecule has 0 N–H and O–H groups in total. The largest absolute Gasteiger partial charge is 0.468 e. The van der Waals surface area contributed by atoms with Crippen LogP contribution in [0.1, 0.15) is 24.7 Å². The van der Waals surface area contributed by atoms with Crippen molar-refractivity contribution in [3.8, 4) is 0 Å². The Labute approximate surface area is 166 Å². The molecule has 0 saturated carbocycles. The number of carbonyl (C=O) groups excluding carboxylic acids is 1. The van der Waals surface area contributed by atoms with Crippen molar-refractivity contribution in [3.63, 3.8) is 0 Å². The molecule has 0 aliphatic carbocycles. The summed E-state index contributed by atoms with van der Waals surface area (Å²) in [4.78, 5) is 15.8. The molecule has 1 aliphatic heterocycles. The number of likely N-dealkylation sites (N-methyl/N-ethyl adjacent to an activating group) is 1. The first-order valence-electron chi connectivity index (χ1n) is 9.37. The van der Waals surface area contributed by atoms with Crippen LogP contribution in [0.2, 0.25) is 0 Å². The van der Waals surface area contributed by atoms with Gasteiger partial charge in [-0.25, -0.2) is 8.42 Å². The number of benzene rings is 1. The lowest BCUT2D eigenvalue weighted by Crippen LogP contribution is -2.36. The van der Waals surface area contributed by atoms with Crippen LogP contribution in [-0.4, -0.2) is 57.3 Å². The Bertz CT molecular complexity index is 923. The van der Waals surface area contributed by atoms with E-state index in [0.29, 0.717) is 25.4 Å². The SMILES string of the molecule is CC(=O)N1CCCc2cc(S(=O)(=O)N(CCN(C)C)Cc3ccco3)ccc21. The van der Waals surface area contributed by atoms with Crippen molar-refractivity contribution < 1.29 is 17.6 Å². The summed E-state index contributed by atoms with van der Waals surface area (Å²) >= 11 is 0. The highest BCUT2D eigenvalue weighted by Gasteiger charge is 2.28. The second-order valence-corrected chi connectivity index (χ2v) is 9.22.